The molecule has 0 unspecified atom stereocenters. The maximum Gasteiger partial charge on any atom is 0.308 e. The van der Waals surface area contributed by atoms with Gasteiger partial charge in [-0.1, -0.05) is 43.2 Å². The van der Waals surface area contributed by atoms with Crippen LogP contribution in [0.25, 0.3) is 0 Å². The lowest BCUT2D eigenvalue weighted by Gasteiger charge is -2.26. The molecule has 0 radical (unpaired) electrons. The zero-order valence-electron chi connectivity index (χ0n) is 15.2. The lowest BCUT2D eigenvalue weighted by atomic mass is 9.94. The number of aryl methyl sites for hydroxylation is 1. The van der Waals surface area contributed by atoms with E-state index in [0.717, 1.165) is 44.9 Å². The first-order chi connectivity index (χ1) is 12.2. The number of carboxylic acid groups (broad SMARTS) is 1. The lowest BCUT2D eigenvalue weighted by Crippen LogP contribution is -2.41. The molecule has 1 aliphatic heterocycles. The van der Waals surface area contributed by atoms with Crippen molar-refractivity contribution < 1.29 is 19.5 Å². The third-order valence-electron chi connectivity index (χ3n) is 4.77. The van der Waals surface area contributed by atoms with Crippen molar-refractivity contribution in [1.82, 2.24) is 5.48 Å². The van der Waals surface area contributed by atoms with Crippen molar-refractivity contribution in [1.29, 1.82) is 0 Å². The summed E-state index contributed by atoms with van der Waals surface area (Å²) in [7, 11) is 0. The second-order valence-electron chi connectivity index (χ2n) is 6.85. The van der Waals surface area contributed by atoms with Gasteiger partial charge in [0.25, 0.3) is 0 Å². The van der Waals surface area contributed by atoms with E-state index >= 15 is 0 Å². The zero-order chi connectivity index (χ0) is 17.9. The number of rotatable bonds is 11. The summed E-state index contributed by atoms with van der Waals surface area (Å²) in [6.45, 7) is 2.58. The molecule has 1 aromatic carbocycles. The highest BCUT2D eigenvalue weighted by Gasteiger charge is 2.25. The highest BCUT2D eigenvalue weighted by molar-refractivity contribution is 5.70. The van der Waals surface area contributed by atoms with Crippen molar-refractivity contribution in [3.63, 3.8) is 0 Å². The molecule has 1 heterocycles. The van der Waals surface area contributed by atoms with Crippen molar-refractivity contribution in [3.05, 3.63) is 35.9 Å². The van der Waals surface area contributed by atoms with E-state index in [1.54, 1.807) is 0 Å². The minimum absolute atomic E-state index is 0.239. The zero-order valence-corrected chi connectivity index (χ0v) is 15.2. The Morgan fingerprint density at radius 1 is 1.28 bits per heavy atom. The quantitative estimate of drug-likeness (QED) is 0.468. The van der Waals surface area contributed by atoms with Crippen LogP contribution in [0, 0.1) is 5.92 Å². The van der Waals surface area contributed by atoms with Crippen LogP contribution in [-0.2, 0) is 20.8 Å². The van der Waals surface area contributed by atoms with E-state index in [1.807, 2.05) is 13.0 Å². The first-order valence-electron chi connectivity index (χ1n) is 9.46. The minimum Gasteiger partial charge on any atom is -0.481 e. The van der Waals surface area contributed by atoms with Gasteiger partial charge in [0.1, 0.15) is 0 Å². The van der Waals surface area contributed by atoms with Crippen LogP contribution in [0.4, 0.5) is 0 Å². The molecule has 1 fully saturated rings. The Morgan fingerprint density at radius 3 is 2.76 bits per heavy atom. The topological polar surface area (TPSA) is 67.8 Å². The number of carboxylic acids is 1. The predicted octanol–water partition coefficient (Wildman–Crippen LogP) is 3.93. The number of hydroxylamine groups is 1. The van der Waals surface area contributed by atoms with Crippen molar-refractivity contribution in [2.45, 2.75) is 70.6 Å². The van der Waals surface area contributed by atoms with Gasteiger partial charge in [-0.2, -0.15) is 5.48 Å². The number of hydrogen-bond donors (Lipinski definition) is 2. The average Bonchev–Trinajstić information content (AvgIpc) is 2.64. The van der Waals surface area contributed by atoms with Crippen LogP contribution in [0.2, 0.25) is 0 Å². The lowest BCUT2D eigenvalue weighted by molar-refractivity contribution is -0.206. The molecule has 0 aliphatic carbocycles. The highest BCUT2D eigenvalue weighted by Crippen LogP contribution is 2.18. The Labute approximate surface area is 150 Å². The molecule has 0 aromatic heterocycles. The molecule has 2 N–H and O–H groups in total. The first-order valence-corrected chi connectivity index (χ1v) is 9.46. The Morgan fingerprint density at radius 2 is 2.08 bits per heavy atom. The van der Waals surface area contributed by atoms with E-state index < -0.39 is 11.9 Å². The van der Waals surface area contributed by atoms with Gasteiger partial charge in [-0.05, 0) is 44.6 Å². The third kappa shape index (κ3) is 7.55. The van der Waals surface area contributed by atoms with Gasteiger partial charge in [-0.15, -0.1) is 0 Å². The predicted molar refractivity (Wildman–Crippen MR) is 97.0 cm³/mol. The molecular formula is C20H31NO4. The van der Waals surface area contributed by atoms with E-state index in [9.17, 15) is 9.90 Å². The van der Waals surface area contributed by atoms with E-state index in [4.69, 9.17) is 9.57 Å². The Bertz CT molecular complexity index is 488. The van der Waals surface area contributed by atoms with E-state index in [0.29, 0.717) is 13.0 Å². The second-order valence-corrected chi connectivity index (χ2v) is 6.85. The maximum absolute atomic E-state index is 11.6. The van der Waals surface area contributed by atoms with Gasteiger partial charge in [-0.25, -0.2) is 0 Å². The van der Waals surface area contributed by atoms with Crippen LogP contribution in [0.1, 0.15) is 57.4 Å². The number of benzene rings is 1. The molecule has 1 saturated heterocycles. The average molecular weight is 349 g/mol. The van der Waals surface area contributed by atoms with Crippen LogP contribution in [0.5, 0.6) is 0 Å². The van der Waals surface area contributed by atoms with E-state index in [2.05, 4.69) is 29.7 Å². The smallest absolute Gasteiger partial charge is 0.308 e. The summed E-state index contributed by atoms with van der Waals surface area (Å²) < 4.78 is 5.49. The van der Waals surface area contributed by atoms with Gasteiger partial charge in [0, 0.05) is 19.1 Å². The molecule has 5 heteroatoms. The molecular weight excluding hydrogens is 318 g/mol. The Hall–Kier alpha value is -1.43. The molecule has 3 atom stereocenters. The molecule has 1 aromatic rings. The van der Waals surface area contributed by atoms with E-state index in [1.165, 1.54) is 5.56 Å². The fraction of sp³-hybridized carbons (Fsp3) is 0.650. The second kappa shape index (κ2) is 11.2. The van der Waals surface area contributed by atoms with Crippen LogP contribution in [0.15, 0.2) is 30.3 Å². The molecule has 25 heavy (non-hydrogen) atoms. The van der Waals surface area contributed by atoms with Crippen LogP contribution in [0.3, 0.4) is 0 Å². The SMILES string of the molecule is C[C@H](NO[C@H]1CCCCO1)[C@H](CCCCCc1ccccc1)C(=O)O. The summed E-state index contributed by atoms with van der Waals surface area (Å²) in [6.07, 6.45) is 7.51. The Kier molecular flexibility index (Phi) is 8.94. The minimum atomic E-state index is -0.767. The number of ether oxygens (including phenoxy) is 1. The van der Waals surface area contributed by atoms with Gasteiger partial charge >= 0.3 is 5.97 Å². The molecule has 0 spiro atoms. The fourth-order valence-electron chi connectivity index (χ4n) is 3.17. The van der Waals surface area contributed by atoms with Crippen molar-refractivity contribution in [3.8, 4) is 0 Å². The van der Waals surface area contributed by atoms with Crippen molar-refractivity contribution >= 4 is 5.97 Å². The molecule has 0 amide bonds. The van der Waals surface area contributed by atoms with E-state index in [-0.39, 0.29) is 12.3 Å². The largest absolute Gasteiger partial charge is 0.481 e. The third-order valence-corrected chi connectivity index (χ3v) is 4.77. The van der Waals surface area contributed by atoms with Gasteiger partial charge in [0.2, 0.25) is 0 Å². The number of aliphatic carboxylic acids is 1. The maximum atomic E-state index is 11.6. The summed E-state index contributed by atoms with van der Waals surface area (Å²) in [5.41, 5.74) is 4.24. The number of carbonyl (C=O) groups is 1. The van der Waals surface area contributed by atoms with Crippen LogP contribution < -0.4 is 5.48 Å². The number of nitrogens with one attached hydrogen (secondary N) is 1. The molecule has 2 rings (SSSR count). The van der Waals surface area contributed by atoms with Gasteiger partial charge in [-0.3, -0.25) is 9.63 Å². The summed E-state index contributed by atoms with van der Waals surface area (Å²) >= 11 is 0. The van der Waals surface area contributed by atoms with Crippen molar-refractivity contribution in [2.24, 2.45) is 5.92 Å². The fourth-order valence-corrected chi connectivity index (χ4v) is 3.17. The van der Waals surface area contributed by atoms with Crippen LogP contribution in [-0.4, -0.2) is 30.0 Å². The van der Waals surface area contributed by atoms with Gasteiger partial charge < -0.3 is 9.84 Å². The molecule has 5 nitrogen and oxygen atoms in total. The Balaban J connectivity index is 1.64. The summed E-state index contributed by atoms with van der Waals surface area (Å²) in [6, 6.07) is 10.2. The molecule has 140 valence electrons. The molecule has 0 saturated carbocycles. The van der Waals surface area contributed by atoms with Crippen molar-refractivity contribution in [2.75, 3.05) is 6.61 Å². The van der Waals surface area contributed by atoms with Crippen LogP contribution >= 0.6 is 0 Å². The summed E-state index contributed by atoms with van der Waals surface area (Å²) in [5.74, 6) is -1.21. The highest BCUT2D eigenvalue weighted by atomic mass is 16.8. The standard InChI is InChI=1S/C20H31NO4/c1-16(21-25-19-14-8-9-15-24-19)18(20(22)23)13-7-3-6-12-17-10-4-2-5-11-17/h2,4-5,10-11,16,18-19,21H,3,6-9,12-15H2,1H3,(H,22,23)/t16-,18-,19-/m0/s1. The number of unbranched alkanes of at least 4 members (excludes halogenated alkanes) is 2. The summed E-state index contributed by atoms with van der Waals surface area (Å²) in [5, 5.41) is 9.49. The summed E-state index contributed by atoms with van der Waals surface area (Å²) in [4.78, 5) is 17.1. The monoisotopic (exact) mass is 349 g/mol. The molecule has 0 bridgehead atoms. The first kappa shape index (κ1) is 19.9. The van der Waals surface area contributed by atoms with Gasteiger partial charge in [0.05, 0.1) is 5.92 Å². The number of hydrogen-bond acceptors (Lipinski definition) is 4. The normalized spacial score (nSPS) is 20.1. The molecule has 1 aliphatic rings. The van der Waals surface area contributed by atoms with Gasteiger partial charge in [0.15, 0.2) is 6.29 Å².